The van der Waals surface area contributed by atoms with Crippen molar-refractivity contribution in [3.8, 4) is 68.2 Å². The molecule has 0 aromatic heterocycles. The molecular formula is C74H54N2O6Si. The van der Waals surface area contributed by atoms with Gasteiger partial charge in [0.1, 0.15) is 46.0 Å². The highest BCUT2D eigenvalue weighted by Crippen LogP contribution is 2.58. The van der Waals surface area contributed by atoms with Crippen LogP contribution >= 0.6 is 0 Å². The van der Waals surface area contributed by atoms with E-state index in [1.807, 2.05) is 60.7 Å². The summed E-state index contributed by atoms with van der Waals surface area (Å²) in [6.07, 6.45) is 0. The van der Waals surface area contributed by atoms with Crippen LogP contribution in [0.4, 0.5) is 11.4 Å². The van der Waals surface area contributed by atoms with Crippen molar-refractivity contribution in [3.63, 3.8) is 0 Å². The molecule has 0 fully saturated rings. The zero-order chi connectivity index (χ0) is 56.1. The standard InChI is InChI=1S/C74H54N2O6Si/c75-69-45-43-57(47-71(69)77)79-53-35-27-49(28-36-53)73(65-23-11-7-19-61(65)62-20-8-12-24-66(62)73)51-31-39-55(40-32-51)81-83(59-15-3-1-4-16-59,60-17-5-2-6-18-60)82-56-41-33-52(34-42-56)74(67-25-13-9-21-63(67)64-22-10-14-26-68(64)74)50-29-37-54(38-30-50)80-58-44-46-70(76)72(78)48-58/h1-48,77-78H,75-76H2. The summed E-state index contributed by atoms with van der Waals surface area (Å²) in [4.78, 5) is 0. The second-order valence-electron chi connectivity index (χ2n) is 21.0. The van der Waals surface area contributed by atoms with Crippen LogP contribution in [0, 0.1) is 0 Å². The first-order valence-corrected chi connectivity index (χ1v) is 29.4. The summed E-state index contributed by atoms with van der Waals surface area (Å²) in [5.74, 6) is 3.47. The van der Waals surface area contributed by atoms with E-state index in [0.29, 0.717) is 34.5 Å². The maximum absolute atomic E-state index is 10.3. The van der Waals surface area contributed by atoms with E-state index in [4.69, 9.17) is 29.8 Å². The number of phenols is 2. The number of hydrogen-bond acceptors (Lipinski definition) is 8. The van der Waals surface area contributed by atoms with Gasteiger partial charge >= 0.3 is 8.56 Å². The molecule has 0 atom stereocenters. The number of fused-ring (bicyclic) bond motifs is 6. The Labute approximate surface area is 482 Å². The average Bonchev–Trinajstić information content (AvgIpc) is 2.13. The smallest absolute Gasteiger partial charge is 0.506 e. The maximum atomic E-state index is 10.3. The number of aromatic hydroxyl groups is 2. The monoisotopic (exact) mass is 1090 g/mol. The minimum absolute atomic E-state index is 0.0315. The molecule has 12 aromatic carbocycles. The van der Waals surface area contributed by atoms with Crippen molar-refractivity contribution >= 4 is 30.3 Å². The molecule has 0 saturated heterocycles. The number of benzene rings is 12. The summed E-state index contributed by atoms with van der Waals surface area (Å²) in [7, 11) is -3.69. The van der Waals surface area contributed by atoms with Gasteiger partial charge in [0.15, 0.2) is 0 Å². The van der Waals surface area contributed by atoms with Crippen molar-refractivity contribution in [2.45, 2.75) is 10.8 Å². The lowest BCUT2D eigenvalue weighted by molar-refractivity contribution is 0.417. The van der Waals surface area contributed by atoms with Crippen LogP contribution in [0.5, 0.6) is 46.0 Å². The molecule has 0 unspecified atom stereocenters. The molecule has 0 radical (unpaired) electrons. The highest BCUT2D eigenvalue weighted by molar-refractivity contribution is 6.93. The first kappa shape index (κ1) is 50.5. The highest BCUT2D eigenvalue weighted by Gasteiger charge is 2.50. The molecule has 2 aliphatic carbocycles. The van der Waals surface area contributed by atoms with Gasteiger partial charge in [0.25, 0.3) is 0 Å². The third-order valence-corrected chi connectivity index (χ3v) is 19.6. The van der Waals surface area contributed by atoms with Gasteiger partial charge in [0, 0.05) is 22.5 Å². The van der Waals surface area contributed by atoms with E-state index in [9.17, 15) is 10.2 Å². The van der Waals surface area contributed by atoms with Crippen molar-refractivity contribution in [1.82, 2.24) is 0 Å². The lowest BCUT2D eigenvalue weighted by Crippen LogP contribution is -2.68. The van der Waals surface area contributed by atoms with Crippen LogP contribution in [-0.4, -0.2) is 18.8 Å². The van der Waals surface area contributed by atoms with Gasteiger partial charge in [-0.15, -0.1) is 0 Å². The fourth-order valence-corrected chi connectivity index (χ4v) is 15.7. The van der Waals surface area contributed by atoms with E-state index in [0.717, 1.165) is 32.6 Å². The molecule has 12 aromatic rings. The minimum atomic E-state index is -3.69. The van der Waals surface area contributed by atoms with E-state index in [-0.39, 0.29) is 22.9 Å². The van der Waals surface area contributed by atoms with Gasteiger partial charge in [0.2, 0.25) is 0 Å². The molecule has 9 heteroatoms. The zero-order valence-electron chi connectivity index (χ0n) is 44.9. The van der Waals surface area contributed by atoms with Gasteiger partial charge in [-0.2, -0.15) is 0 Å². The molecule has 0 spiro atoms. The number of phenolic OH excluding ortho intramolecular Hbond substituents is 2. The van der Waals surface area contributed by atoms with Gasteiger partial charge in [-0.3, -0.25) is 0 Å². The Morgan fingerprint density at radius 3 is 0.843 bits per heavy atom. The molecule has 0 heterocycles. The Morgan fingerprint density at radius 1 is 0.277 bits per heavy atom. The Hall–Kier alpha value is -10.7. The molecule has 14 rings (SSSR count). The lowest BCUT2D eigenvalue weighted by atomic mass is 9.68. The van der Waals surface area contributed by atoms with E-state index in [1.165, 1.54) is 56.6 Å². The van der Waals surface area contributed by atoms with Gasteiger partial charge in [-0.25, -0.2) is 0 Å². The summed E-state index contributed by atoms with van der Waals surface area (Å²) in [6.45, 7) is 0. The summed E-state index contributed by atoms with van der Waals surface area (Å²) in [6, 6.07) is 98.6. The van der Waals surface area contributed by atoms with Crippen LogP contribution in [0.15, 0.2) is 291 Å². The largest absolute Gasteiger partial charge is 0.531 e. The SMILES string of the molecule is Nc1ccc(Oc2ccc(C3(c4ccc(O[Si](Oc5ccc(C6(c7ccc(Oc8ccc(N)c(O)c8)cc7)c7ccccc7-c7ccccc76)cc5)(c5ccccc5)c5ccccc5)cc4)c4ccccc4-c4ccccc43)cc2)cc1O. The van der Waals surface area contributed by atoms with Crippen LogP contribution in [0.1, 0.15) is 44.5 Å². The summed E-state index contributed by atoms with van der Waals surface area (Å²) < 4.78 is 27.6. The van der Waals surface area contributed by atoms with Crippen LogP contribution in [0.3, 0.4) is 0 Å². The highest BCUT2D eigenvalue weighted by atomic mass is 28.4. The maximum Gasteiger partial charge on any atom is 0.531 e. The van der Waals surface area contributed by atoms with Crippen LogP contribution in [0.2, 0.25) is 0 Å². The Kier molecular flexibility index (Phi) is 12.4. The Bertz CT molecular complexity index is 3990. The van der Waals surface area contributed by atoms with Crippen molar-refractivity contribution in [1.29, 1.82) is 0 Å². The predicted octanol–water partition coefficient (Wildman–Crippen LogP) is 15.3. The molecular weight excluding hydrogens is 1040 g/mol. The molecule has 6 N–H and O–H groups in total. The second kappa shape index (κ2) is 20.4. The van der Waals surface area contributed by atoms with E-state index < -0.39 is 19.4 Å². The van der Waals surface area contributed by atoms with Crippen molar-refractivity contribution in [3.05, 3.63) is 336 Å². The first-order valence-electron chi connectivity index (χ1n) is 27.5. The fourth-order valence-electron chi connectivity index (χ4n) is 12.7. The van der Waals surface area contributed by atoms with Gasteiger partial charge in [0.05, 0.1) is 22.2 Å². The number of ether oxygens (including phenoxy) is 2. The summed E-state index contributed by atoms with van der Waals surface area (Å²) in [5, 5.41) is 22.5. The van der Waals surface area contributed by atoms with Crippen molar-refractivity contribution in [2.75, 3.05) is 11.5 Å². The molecule has 2 aliphatic rings. The second-order valence-corrected chi connectivity index (χ2v) is 23.8. The summed E-state index contributed by atoms with van der Waals surface area (Å²) >= 11 is 0. The van der Waals surface area contributed by atoms with Gasteiger partial charge in [-0.1, -0.05) is 206 Å². The third-order valence-electron chi connectivity index (χ3n) is 16.4. The number of hydrogen-bond donors (Lipinski definition) is 4. The lowest BCUT2D eigenvalue weighted by Gasteiger charge is -2.35. The Balaban J connectivity index is 0.854. The third kappa shape index (κ3) is 8.44. The molecule has 83 heavy (non-hydrogen) atoms. The Morgan fingerprint density at radius 2 is 0.542 bits per heavy atom. The predicted molar refractivity (Wildman–Crippen MR) is 332 cm³/mol. The molecule has 8 nitrogen and oxygen atoms in total. The minimum Gasteiger partial charge on any atom is -0.506 e. The van der Waals surface area contributed by atoms with Gasteiger partial charge < -0.3 is 40.0 Å². The molecule has 0 amide bonds. The molecule has 0 saturated carbocycles. The number of nitrogens with two attached hydrogens (primary N) is 2. The van der Waals surface area contributed by atoms with Crippen LogP contribution < -0.4 is 40.2 Å². The molecule has 0 bridgehead atoms. The van der Waals surface area contributed by atoms with Gasteiger partial charge in [-0.05, 0) is 140 Å². The summed E-state index contributed by atoms with van der Waals surface area (Å²) in [5.41, 5.74) is 24.6. The number of rotatable bonds is 14. The quantitative estimate of drug-likeness (QED) is 0.0481. The molecule has 0 aliphatic heterocycles. The van der Waals surface area contributed by atoms with Crippen molar-refractivity contribution in [2.24, 2.45) is 0 Å². The normalized spacial score (nSPS) is 13.2. The zero-order valence-corrected chi connectivity index (χ0v) is 45.9. The van der Waals surface area contributed by atoms with E-state index >= 15 is 0 Å². The molecule has 400 valence electrons. The van der Waals surface area contributed by atoms with Crippen LogP contribution in [0.25, 0.3) is 22.3 Å². The first-order chi connectivity index (χ1) is 40.7. The van der Waals surface area contributed by atoms with Crippen LogP contribution in [-0.2, 0) is 10.8 Å². The average molecular weight is 1100 g/mol. The number of nitrogen functional groups attached to an aromatic ring is 2. The fraction of sp³-hybridized carbons (Fsp3) is 0.0270. The van der Waals surface area contributed by atoms with E-state index in [1.54, 1.807) is 24.3 Å². The van der Waals surface area contributed by atoms with Crippen molar-refractivity contribution < 1.29 is 28.5 Å². The topological polar surface area (TPSA) is 129 Å². The number of anilines is 2. The van der Waals surface area contributed by atoms with E-state index in [2.05, 4.69) is 194 Å².